The molecule has 0 fully saturated rings. The number of rotatable bonds is 6. The van der Waals surface area contributed by atoms with Gasteiger partial charge in [-0.15, -0.1) is 0 Å². The number of fused-ring (bicyclic) bond motifs is 6. The monoisotopic (exact) mass is 777 g/mol. The molecule has 2 heterocycles. The fourth-order valence-corrected chi connectivity index (χ4v) is 9.09. The van der Waals surface area contributed by atoms with E-state index in [1.807, 2.05) is 18.2 Å². The molecule has 12 rings (SSSR count). The molecule has 0 N–H and O–H groups in total. The fourth-order valence-electron chi connectivity index (χ4n) is 9.09. The molecule has 0 unspecified atom stereocenters. The van der Waals surface area contributed by atoms with Crippen LogP contribution in [-0.4, -0.2) is 15.0 Å². The van der Waals surface area contributed by atoms with E-state index in [-0.39, 0.29) is 0 Å². The van der Waals surface area contributed by atoms with Crippen molar-refractivity contribution in [2.75, 3.05) is 0 Å². The predicted molar refractivity (Wildman–Crippen MR) is 252 cm³/mol. The number of hydrogen-bond acceptors (Lipinski definition) is 4. The van der Waals surface area contributed by atoms with Crippen LogP contribution in [0.25, 0.3) is 122 Å². The Bertz CT molecular complexity index is 3630. The molecule has 4 heteroatoms. The Labute approximate surface area is 352 Å². The van der Waals surface area contributed by atoms with E-state index in [1.165, 1.54) is 27.1 Å². The fraction of sp³-hybridized carbons (Fsp3) is 0. The second kappa shape index (κ2) is 14.3. The van der Waals surface area contributed by atoms with Gasteiger partial charge in [0.2, 0.25) is 0 Å². The molecule has 61 heavy (non-hydrogen) atoms. The number of furan rings is 1. The van der Waals surface area contributed by atoms with E-state index in [4.69, 9.17) is 19.4 Å². The van der Waals surface area contributed by atoms with Crippen molar-refractivity contribution in [1.29, 1.82) is 0 Å². The lowest BCUT2D eigenvalue weighted by Crippen LogP contribution is -2.01. The molecule has 0 bridgehead atoms. The quantitative estimate of drug-likeness (QED) is 0.169. The summed E-state index contributed by atoms with van der Waals surface area (Å²) in [5, 5.41) is 9.07. The number of hydrogen-bond donors (Lipinski definition) is 0. The van der Waals surface area contributed by atoms with Crippen LogP contribution in [0, 0.1) is 0 Å². The third-order valence-corrected chi connectivity index (χ3v) is 12.0. The van der Waals surface area contributed by atoms with Gasteiger partial charge in [0.05, 0.1) is 0 Å². The van der Waals surface area contributed by atoms with Gasteiger partial charge in [-0.3, -0.25) is 0 Å². The second-order valence-electron chi connectivity index (χ2n) is 15.5. The molecule has 10 aromatic carbocycles. The molecule has 0 saturated carbocycles. The van der Waals surface area contributed by atoms with Crippen LogP contribution in [0.4, 0.5) is 0 Å². The molecule has 284 valence electrons. The second-order valence-corrected chi connectivity index (χ2v) is 15.5. The molecule has 0 saturated heterocycles. The molecule has 0 amide bonds. The van der Waals surface area contributed by atoms with Gasteiger partial charge in [0.15, 0.2) is 17.5 Å². The largest absolute Gasteiger partial charge is 0.455 e. The Hall–Kier alpha value is -8.21. The molecule has 0 aliphatic heterocycles. The minimum absolute atomic E-state index is 0.578. The van der Waals surface area contributed by atoms with Crippen LogP contribution in [0.1, 0.15) is 0 Å². The van der Waals surface area contributed by atoms with Crippen LogP contribution in [0.5, 0.6) is 0 Å². The zero-order chi connectivity index (χ0) is 40.3. The summed E-state index contributed by atoms with van der Waals surface area (Å²) < 4.78 is 6.97. The van der Waals surface area contributed by atoms with Gasteiger partial charge in [0.25, 0.3) is 0 Å². The standard InChI is InChI=1S/C57H35N3O/c1-2-17-40(18-3-1)55-58-56(41-32-30-39(31-33-41)43-25-10-19-36-14-4-7-22-42(36)43)60-57(59-55)53-48(46-26-11-20-37-15-5-8-23-44(37)46)34-35-51-52(53)50-29-13-28-49(54(50)61-51)47-27-12-21-38-16-6-9-24-45(38)47/h1-35H. The molecular formula is C57H35N3O. The van der Waals surface area contributed by atoms with E-state index >= 15 is 0 Å². The lowest BCUT2D eigenvalue weighted by molar-refractivity contribution is 0.670. The van der Waals surface area contributed by atoms with E-state index in [0.717, 1.165) is 77.2 Å². The summed E-state index contributed by atoms with van der Waals surface area (Å²) in [5.74, 6) is 1.77. The highest BCUT2D eigenvalue weighted by molar-refractivity contribution is 6.19. The highest BCUT2D eigenvalue weighted by Crippen LogP contribution is 2.46. The Morgan fingerprint density at radius 3 is 1.36 bits per heavy atom. The van der Waals surface area contributed by atoms with Gasteiger partial charge in [-0.05, 0) is 72.3 Å². The summed E-state index contributed by atoms with van der Waals surface area (Å²) in [5.41, 5.74) is 10.9. The zero-order valence-corrected chi connectivity index (χ0v) is 33.0. The van der Waals surface area contributed by atoms with E-state index in [1.54, 1.807) is 0 Å². The van der Waals surface area contributed by atoms with Crippen molar-refractivity contribution in [3.8, 4) is 67.5 Å². The van der Waals surface area contributed by atoms with E-state index in [9.17, 15) is 0 Å². The van der Waals surface area contributed by atoms with Crippen LogP contribution < -0.4 is 0 Å². The molecule has 12 aromatic rings. The maximum absolute atomic E-state index is 6.97. The summed E-state index contributed by atoms with van der Waals surface area (Å²) in [7, 11) is 0. The van der Waals surface area contributed by atoms with Crippen LogP contribution in [-0.2, 0) is 0 Å². The molecular weight excluding hydrogens is 743 g/mol. The van der Waals surface area contributed by atoms with Crippen LogP contribution in [0.3, 0.4) is 0 Å². The maximum Gasteiger partial charge on any atom is 0.165 e. The van der Waals surface area contributed by atoms with Gasteiger partial charge in [0, 0.05) is 33.0 Å². The topological polar surface area (TPSA) is 51.8 Å². The lowest BCUT2D eigenvalue weighted by Gasteiger charge is -2.15. The average molecular weight is 778 g/mol. The first-order valence-electron chi connectivity index (χ1n) is 20.6. The Balaban J connectivity index is 1.13. The summed E-state index contributed by atoms with van der Waals surface area (Å²) in [6.45, 7) is 0. The van der Waals surface area contributed by atoms with Gasteiger partial charge < -0.3 is 4.42 Å². The van der Waals surface area contributed by atoms with Crippen LogP contribution in [0.15, 0.2) is 217 Å². The minimum atomic E-state index is 0.578. The predicted octanol–water partition coefficient (Wildman–Crippen LogP) is 15.2. The van der Waals surface area contributed by atoms with Gasteiger partial charge in [-0.2, -0.15) is 0 Å². The minimum Gasteiger partial charge on any atom is -0.455 e. The molecule has 0 aliphatic rings. The van der Waals surface area contributed by atoms with Crippen molar-refractivity contribution in [3.63, 3.8) is 0 Å². The van der Waals surface area contributed by atoms with Crippen molar-refractivity contribution >= 4 is 54.3 Å². The molecule has 0 atom stereocenters. The van der Waals surface area contributed by atoms with Gasteiger partial charge in [-0.25, -0.2) is 15.0 Å². The Morgan fingerprint density at radius 1 is 0.279 bits per heavy atom. The SMILES string of the molecule is c1ccc(-c2nc(-c3ccc(-c4cccc5ccccc45)cc3)nc(-c3c(-c4cccc5ccccc45)ccc4oc5c(-c6cccc7ccccc67)cccc5c34)n2)cc1. The van der Waals surface area contributed by atoms with Crippen molar-refractivity contribution in [1.82, 2.24) is 15.0 Å². The van der Waals surface area contributed by atoms with E-state index in [2.05, 4.69) is 194 Å². The number of nitrogens with zero attached hydrogens (tertiary/aromatic N) is 3. The average Bonchev–Trinajstić information content (AvgIpc) is 3.72. The highest BCUT2D eigenvalue weighted by atomic mass is 16.3. The van der Waals surface area contributed by atoms with E-state index in [0.29, 0.717) is 17.5 Å². The van der Waals surface area contributed by atoms with Crippen LogP contribution >= 0.6 is 0 Å². The molecule has 4 nitrogen and oxygen atoms in total. The first-order valence-corrected chi connectivity index (χ1v) is 20.6. The molecule has 0 spiro atoms. The first kappa shape index (κ1) is 34.8. The number of benzene rings is 10. The van der Waals surface area contributed by atoms with E-state index < -0.39 is 0 Å². The third-order valence-electron chi connectivity index (χ3n) is 12.0. The highest BCUT2D eigenvalue weighted by Gasteiger charge is 2.24. The molecule has 2 aromatic heterocycles. The summed E-state index contributed by atoms with van der Waals surface area (Å²) in [6, 6.07) is 74.5. The Morgan fingerprint density at radius 2 is 0.721 bits per heavy atom. The smallest absolute Gasteiger partial charge is 0.165 e. The normalized spacial score (nSPS) is 11.6. The first-order chi connectivity index (χ1) is 30.2. The molecule has 0 aliphatic carbocycles. The summed E-state index contributed by atoms with van der Waals surface area (Å²) in [6.07, 6.45) is 0. The summed E-state index contributed by atoms with van der Waals surface area (Å²) in [4.78, 5) is 15.9. The maximum atomic E-state index is 6.97. The van der Waals surface area contributed by atoms with Crippen molar-refractivity contribution in [2.24, 2.45) is 0 Å². The summed E-state index contributed by atoms with van der Waals surface area (Å²) >= 11 is 0. The molecule has 0 radical (unpaired) electrons. The van der Waals surface area contributed by atoms with Crippen molar-refractivity contribution in [3.05, 3.63) is 212 Å². The van der Waals surface area contributed by atoms with Crippen LogP contribution in [0.2, 0.25) is 0 Å². The van der Waals surface area contributed by atoms with Gasteiger partial charge in [-0.1, -0.05) is 200 Å². The van der Waals surface area contributed by atoms with Crippen molar-refractivity contribution < 1.29 is 4.42 Å². The third kappa shape index (κ3) is 5.88. The van der Waals surface area contributed by atoms with Gasteiger partial charge in [0.1, 0.15) is 11.2 Å². The zero-order valence-electron chi connectivity index (χ0n) is 33.0. The van der Waals surface area contributed by atoms with Gasteiger partial charge >= 0.3 is 0 Å². The lowest BCUT2D eigenvalue weighted by atomic mass is 9.90. The van der Waals surface area contributed by atoms with Crippen molar-refractivity contribution in [2.45, 2.75) is 0 Å². The number of para-hydroxylation sites is 1. The Kier molecular flexibility index (Phi) is 8.13. The number of aromatic nitrogens is 3.